The molecule has 3 aromatic rings. The van der Waals surface area contributed by atoms with Crippen LogP contribution in [0, 0.1) is 19.8 Å². The molecule has 0 saturated heterocycles. The Hall–Kier alpha value is -2.93. The van der Waals surface area contributed by atoms with E-state index in [1.54, 1.807) is 12.1 Å². The topological polar surface area (TPSA) is 90.0 Å². The number of amides is 2. The average molecular weight is 409 g/mol. The predicted molar refractivity (Wildman–Crippen MR) is 115 cm³/mol. The molecule has 150 valence electrons. The molecule has 2 heterocycles. The lowest BCUT2D eigenvalue weighted by molar-refractivity contribution is 0.1000. The van der Waals surface area contributed by atoms with Crippen LogP contribution in [0.5, 0.6) is 0 Å². The third kappa shape index (κ3) is 3.70. The van der Waals surface area contributed by atoms with Crippen molar-refractivity contribution in [3.8, 4) is 5.69 Å². The predicted octanol–water partition coefficient (Wildman–Crippen LogP) is 4.03. The molecule has 0 aliphatic heterocycles. The van der Waals surface area contributed by atoms with Gasteiger partial charge in [0.25, 0.3) is 11.8 Å². The van der Waals surface area contributed by atoms with Gasteiger partial charge in [-0.05, 0) is 74.9 Å². The molecule has 1 aromatic carbocycles. The second-order valence-electron chi connectivity index (χ2n) is 7.76. The van der Waals surface area contributed by atoms with Crippen molar-refractivity contribution in [1.82, 2.24) is 9.78 Å². The van der Waals surface area contributed by atoms with Crippen molar-refractivity contribution in [3.63, 3.8) is 0 Å². The maximum Gasteiger partial charge on any atom is 0.256 e. The zero-order chi connectivity index (χ0) is 20.7. The van der Waals surface area contributed by atoms with E-state index in [1.807, 2.05) is 36.7 Å². The number of hydrogen-bond acceptors (Lipinski definition) is 4. The molecule has 0 spiro atoms. The first-order valence-corrected chi connectivity index (χ1v) is 10.5. The lowest BCUT2D eigenvalue weighted by atomic mass is 9.88. The summed E-state index contributed by atoms with van der Waals surface area (Å²) in [6.07, 6.45) is 2.79. The zero-order valence-corrected chi connectivity index (χ0v) is 17.6. The molecule has 0 saturated carbocycles. The molecule has 2 amide bonds. The number of aromatic nitrogens is 2. The molecule has 1 aliphatic carbocycles. The minimum absolute atomic E-state index is 0.251. The van der Waals surface area contributed by atoms with Crippen LogP contribution in [0.25, 0.3) is 5.69 Å². The van der Waals surface area contributed by atoms with Crippen molar-refractivity contribution >= 4 is 28.2 Å². The fourth-order valence-electron chi connectivity index (χ4n) is 3.92. The number of carbonyl (C=O) groups excluding carboxylic acids is 2. The standard InChI is InChI=1S/C22H24N4O2S/c1-12-4-9-17-18(10-12)29-22(19(17)20(23)27)24-21(28)15-5-7-16(8-6-15)26-14(3)11-13(2)25-26/h5-8,11-12H,4,9-10H2,1-3H3,(H2,23,27)(H,24,28)/t12-/m0/s1. The van der Waals surface area contributed by atoms with Gasteiger partial charge in [0.1, 0.15) is 5.00 Å². The minimum Gasteiger partial charge on any atom is -0.365 e. The first-order chi connectivity index (χ1) is 13.8. The maximum absolute atomic E-state index is 12.8. The normalized spacial score (nSPS) is 15.8. The Balaban J connectivity index is 1.58. The first-order valence-electron chi connectivity index (χ1n) is 9.73. The van der Waals surface area contributed by atoms with Gasteiger partial charge in [0.2, 0.25) is 0 Å². The third-order valence-corrected chi connectivity index (χ3v) is 6.54. The molecule has 1 atom stereocenters. The van der Waals surface area contributed by atoms with E-state index in [4.69, 9.17) is 5.73 Å². The van der Waals surface area contributed by atoms with Crippen LogP contribution in [0.4, 0.5) is 5.00 Å². The lowest BCUT2D eigenvalue weighted by Gasteiger charge is -2.18. The third-order valence-electron chi connectivity index (χ3n) is 5.37. The highest BCUT2D eigenvalue weighted by molar-refractivity contribution is 7.17. The van der Waals surface area contributed by atoms with Crippen molar-refractivity contribution in [2.75, 3.05) is 5.32 Å². The number of nitrogens with zero attached hydrogens (tertiary/aromatic N) is 2. The van der Waals surface area contributed by atoms with Crippen LogP contribution in [0.2, 0.25) is 0 Å². The fourth-order valence-corrected chi connectivity index (χ4v) is 5.33. The maximum atomic E-state index is 12.8. The van der Waals surface area contributed by atoms with Gasteiger partial charge in [0, 0.05) is 16.1 Å². The van der Waals surface area contributed by atoms with Crippen molar-refractivity contribution in [2.24, 2.45) is 11.7 Å². The van der Waals surface area contributed by atoms with Gasteiger partial charge >= 0.3 is 0 Å². The van der Waals surface area contributed by atoms with Gasteiger partial charge in [-0.1, -0.05) is 6.92 Å². The summed E-state index contributed by atoms with van der Waals surface area (Å²) < 4.78 is 1.84. The molecule has 0 unspecified atom stereocenters. The van der Waals surface area contributed by atoms with Gasteiger partial charge in [0.05, 0.1) is 16.9 Å². The van der Waals surface area contributed by atoms with E-state index >= 15 is 0 Å². The van der Waals surface area contributed by atoms with Crippen molar-refractivity contribution in [3.05, 3.63) is 63.3 Å². The molecule has 4 rings (SSSR count). The summed E-state index contributed by atoms with van der Waals surface area (Å²) in [5, 5.41) is 7.93. The molecule has 6 nitrogen and oxygen atoms in total. The van der Waals surface area contributed by atoms with E-state index in [1.165, 1.54) is 11.3 Å². The number of nitrogens with two attached hydrogens (primary N) is 1. The number of rotatable bonds is 4. The first kappa shape index (κ1) is 19.4. The Labute approximate surface area is 173 Å². The number of fused-ring (bicyclic) bond motifs is 1. The van der Waals surface area contributed by atoms with Gasteiger partial charge in [0.15, 0.2) is 0 Å². The summed E-state index contributed by atoms with van der Waals surface area (Å²) in [5.74, 6) is -0.154. The van der Waals surface area contributed by atoms with E-state index in [9.17, 15) is 9.59 Å². The largest absolute Gasteiger partial charge is 0.365 e. The minimum atomic E-state index is -0.479. The summed E-state index contributed by atoms with van der Waals surface area (Å²) in [6, 6.07) is 9.27. The summed E-state index contributed by atoms with van der Waals surface area (Å²) in [4.78, 5) is 26.0. The Bertz CT molecular complexity index is 1090. The van der Waals surface area contributed by atoms with Crippen LogP contribution in [-0.2, 0) is 12.8 Å². The summed E-state index contributed by atoms with van der Waals surface area (Å²) in [6.45, 7) is 6.14. The number of aryl methyl sites for hydroxylation is 2. The van der Waals surface area contributed by atoms with Gasteiger partial charge in [-0.2, -0.15) is 5.10 Å². The lowest BCUT2D eigenvalue weighted by Crippen LogP contribution is -2.19. The van der Waals surface area contributed by atoms with Crippen molar-refractivity contribution < 1.29 is 9.59 Å². The van der Waals surface area contributed by atoms with E-state index in [0.717, 1.165) is 46.8 Å². The molecule has 1 aliphatic rings. The van der Waals surface area contributed by atoms with Gasteiger partial charge in [-0.15, -0.1) is 11.3 Å². The summed E-state index contributed by atoms with van der Waals surface area (Å²) >= 11 is 1.47. The molecule has 0 radical (unpaired) electrons. The second-order valence-corrected chi connectivity index (χ2v) is 8.87. The number of benzene rings is 1. The smallest absolute Gasteiger partial charge is 0.256 e. The SMILES string of the molecule is Cc1cc(C)n(-c2ccc(C(=O)Nc3sc4c(c3C(N)=O)CC[C@H](C)C4)cc2)n1. The van der Waals surface area contributed by atoms with Crippen LogP contribution in [0.3, 0.4) is 0 Å². The average Bonchev–Trinajstić information content (AvgIpc) is 3.20. The Morgan fingerprint density at radius 3 is 2.59 bits per heavy atom. The Morgan fingerprint density at radius 1 is 1.24 bits per heavy atom. The van der Waals surface area contributed by atoms with Crippen LogP contribution in [-0.4, -0.2) is 21.6 Å². The van der Waals surface area contributed by atoms with Gasteiger partial charge in [-0.3, -0.25) is 9.59 Å². The second kappa shape index (κ2) is 7.48. The van der Waals surface area contributed by atoms with E-state index in [2.05, 4.69) is 17.3 Å². The summed E-state index contributed by atoms with van der Waals surface area (Å²) in [7, 11) is 0. The van der Waals surface area contributed by atoms with Crippen LogP contribution < -0.4 is 11.1 Å². The summed E-state index contributed by atoms with van der Waals surface area (Å²) in [5.41, 5.74) is 10.5. The number of nitrogens with one attached hydrogen (secondary N) is 1. The Kier molecular flexibility index (Phi) is 5.00. The molecular formula is C22H24N4O2S. The van der Waals surface area contributed by atoms with E-state index in [0.29, 0.717) is 22.0 Å². The molecular weight excluding hydrogens is 384 g/mol. The van der Waals surface area contributed by atoms with Crippen molar-refractivity contribution in [2.45, 2.75) is 40.0 Å². The molecule has 3 N–H and O–H groups in total. The van der Waals surface area contributed by atoms with Crippen LogP contribution in [0.15, 0.2) is 30.3 Å². The number of hydrogen-bond donors (Lipinski definition) is 2. The van der Waals surface area contributed by atoms with Gasteiger partial charge < -0.3 is 11.1 Å². The number of carbonyl (C=O) groups is 2. The van der Waals surface area contributed by atoms with E-state index in [-0.39, 0.29) is 5.91 Å². The monoisotopic (exact) mass is 408 g/mol. The fraction of sp³-hybridized carbons (Fsp3) is 0.318. The highest BCUT2D eigenvalue weighted by atomic mass is 32.1. The zero-order valence-electron chi connectivity index (χ0n) is 16.8. The Morgan fingerprint density at radius 2 is 1.97 bits per heavy atom. The molecule has 7 heteroatoms. The molecule has 0 bridgehead atoms. The van der Waals surface area contributed by atoms with Crippen LogP contribution >= 0.6 is 11.3 Å². The van der Waals surface area contributed by atoms with E-state index < -0.39 is 5.91 Å². The highest BCUT2D eigenvalue weighted by Gasteiger charge is 2.27. The number of thiophene rings is 1. The molecule has 2 aromatic heterocycles. The molecule has 29 heavy (non-hydrogen) atoms. The quantitative estimate of drug-likeness (QED) is 0.683. The highest BCUT2D eigenvalue weighted by Crippen LogP contribution is 2.39. The van der Waals surface area contributed by atoms with Gasteiger partial charge in [-0.25, -0.2) is 4.68 Å². The molecule has 0 fully saturated rings. The number of primary amides is 1. The van der Waals surface area contributed by atoms with Crippen LogP contribution in [0.1, 0.15) is 55.9 Å². The number of anilines is 1. The van der Waals surface area contributed by atoms with Crippen molar-refractivity contribution in [1.29, 1.82) is 0 Å².